The van der Waals surface area contributed by atoms with E-state index >= 15 is 0 Å². The molecule has 1 N–H and O–H groups in total. The lowest BCUT2D eigenvalue weighted by Gasteiger charge is -2.05. The number of aromatic nitrogens is 1. The van der Waals surface area contributed by atoms with E-state index in [1.165, 1.54) is 22.7 Å². The molecule has 1 aromatic carbocycles. The van der Waals surface area contributed by atoms with Crippen LogP contribution in [-0.2, 0) is 4.74 Å². The van der Waals surface area contributed by atoms with E-state index in [4.69, 9.17) is 9.47 Å². The topological polar surface area (TPSA) is 84.2 Å². The number of anilines is 1. The van der Waals surface area contributed by atoms with Crippen LogP contribution in [-0.4, -0.2) is 24.7 Å². The van der Waals surface area contributed by atoms with Crippen molar-refractivity contribution in [2.45, 2.75) is 20.8 Å². The molecular formula is C22H21N3O3S2. The predicted molar refractivity (Wildman–Crippen MR) is 121 cm³/mol. The van der Waals surface area contributed by atoms with Crippen molar-refractivity contribution in [3.63, 3.8) is 0 Å². The van der Waals surface area contributed by atoms with Crippen molar-refractivity contribution in [1.29, 1.82) is 5.26 Å². The number of esters is 1. The van der Waals surface area contributed by atoms with Crippen LogP contribution in [0.4, 0.5) is 5.00 Å². The van der Waals surface area contributed by atoms with E-state index in [1.54, 1.807) is 20.2 Å². The van der Waals surface area contributed by atoms with Gasteiger partial charge >= 0.3 is 5.97 Å². The normalized spacial score (nSPS) is 11.1. The molecule has 0 spiro atoms. The molecule has 3 aromatic rings. The van der Waals surface area contributed by atoms with Gasteiger partial charge in [-0.05, 0) is 50.6 Å². The number of nitriles is 1. The van der Waals surface area contributed by atoms with Crippen molar-refractivity contribution < 1.29 is 14.3 Å². The van der Waals surface area contributed by atoms with Crippen molar-refractivity contribution in [3.05, 3.63) is 56.9 Å². The van der Waals surface area contributed by atoms with Crippen LogP contribution in [0.5, 0.6) is 5.75 Å². The van der Waals surface area contributed by atoms with Crippen LogP contribution in [0.3, 0.4) is 0 Å². The summed E-state index contributed by atoms with van der Waals surface area (Å²) >= 11 is 2.84. The standard InChI is InChI=1S/C22H21N3O3S2/c1-5-28-22(26)19-13(2)14(3)30-21(19)24-11-16(10-23)20-25-18(12-29-20)15-6-8-17(27-4)9-7-15/h6-9,11-12,24H,5H2,1-4H3. The Kier molecular flexibility index (Phi) is 6.87. The number of aryl methyl sites for hydroxylation is 1. The molecular weight excluding hydrogens is 418 g/mol. The van der Waals surface area contributed by atoms with Gasteiger partial charge in [0, 0.05) is 22.0 Å². The third-order valence-corrected chi connectivity index (χ3v) is 6.47. The first-order chi connectivity index (χ1) is 14.5. The Morgan fingerprint density at radius 1 is 1.30 bits per heavy atom. The molecule has 0 radical (unpaired) electrons. The number of hydrogen-bond donors (Lipinski definition) is 1. The van der Waals surface area contributed by atoms with Crippen LogP contribution in [0.2, 0.25) is 0 Å². The summed E-state index contributed by atoms with van der Waals surface area (Å²) in [6, 6.07) is 9.77. The van der Waals surface area contributed by atoms with Gasteiger partial charge in [-0.3, -0.25) is 0 Å². The SMILES string of the molecule is CCOC(=O)c1c(NC=C(C#N)c2nc(-c3ccc(OC)cc3)cs2)sc(C)c1C. The molecule has 8 heteroatoms. The molecule has 30 heavy (non-hydrogen) atoms. The summed E-state index contributed by atoms with van der Waals surface area (Å²) in [5.74, 6) is 0.403. The zero-order chi connectivity index (χ0) is 21.7. The number of methoxy groups -OCH3 is 1. The number of carbonyl (C=O) groups excluding carboxylic acids is 1. The van der Waals surface area contributed by atoms with Crippen LogP contribution < -0.4 is 10.1 Å². The fraction of sp³-hybridized carbons (Fsp3) is 0.227. The van der Waals surface area contributed by atoms with Crippen molar-refractivity contribution in [1.82, 2.24) is 4.98 Å². The molecule has 0 atom stereocenters. The summed E-state index contributed by atoms with van der Waals surface area (Å²) in [5.41, 5.74) is 3.50. The molecule has 3 rings (SSSR count). The lowest BCUT2D eigenvalue weighted by Crippen LogP contribution is -2.07. The minimum Gasteiger partial charge on any atom is -0.497 e. The van der Waals surface area contributed by atoms with Gasteiger partial charge in [0.25, 0.3) is 0 Å². The van der Waals surface area contributed by atoms with Gasteiger partial charge in [-0.1, -0.05) is 0 Å². The summed E-state index contributed by atoms with van der Waals surface area (Å²) < 4.78 is 10.4. The Hall–Kier alpha value is -3.15. The quantitative estimate of drug-likeness (QED) is 0.378. The maximum Gasteiger partial charge on any atom is 0.341 e. The van der Waals surface area contributed by atoms with E-state index in [-0.39, 0.29) is 5.97 Å². The number of thiophene rings is 1. The lowest BCUT2D eigenvalue weighted by molar-refractivity contribution is 0.0527. The molecule has 0 bridgehead atoms. The van der Waals surface area contributed by atoms with Crippen LogP contribution in [0, 0.1) is 25.2 Å². The zero-order valence-corrected chi connectivity index (χ0v) is 18.7. The van der Waals surface area contributed by atoms with E-state index in [0.29, 0.717) is 27.8 Å². The smallest absolute Gasteiger partial charge is 0.341 e. The second-order valence-electron chi connectivity index (χ2n) is 6.29. The number of rotatable bonds is 7. The van der Waals surface area contributed by atoms with Crippen molar-refractivity contribution in [2.24, 2.45) is 0 Å². The van der Waals surface area contributed by atoms with Gasteiger partial charge in [0.2, 0.25) is 0 Å². The van der Waals surface area contributed by atoms with Gasteiger partial charge in [-0.15, -0.1) is 22.7 Å². The fourth-order valence-corrected chi connectivity index (χ4v) is 4.56. The molecule has 0 aliphatic carbocycles. The largest absolute Gasteiger partial charge is 0.497 e. The molecule has 0 amide bonds. The van der Waals surface area contributed by atoms with Gasteiger partial charge < -0.3 is 14.8 Å². The Bertz CT molecular complexity index is 1120. The number of carbonyl (C=O) groups is 1. The average Bonchev–Trinajstić information content (AvgIpc) is 3.34. The van der Waals surface area contributed by atoms with E-state index in [0.717, 1.165) is 27.4 Å². The van der Waals surface area contributed by atoms with Crippen molar-refractivity contribution >= 4 is 39.2 Å². The first kappa shape index (κ1) is 21.6. The predicted octanol–water partition coefficient (Wildman–Crippen LogP) is 5.65. The molecule has 2 aromatic heterocycles. The van der Waals surface area contributed by atoms with Gasteiger partial charge in [0.1, 0.15) is 27.4 Å². The Labute approximate surface area is 183 Å². The molecule has 0 saturated heterocycles. The molecule has 0 aliphatic rings. The molecule has 0 aliphatic heterocycles. The Morgan fingerprint density at radius 2 is 2.03 bits per heavy atom. The van der Waals surface area contributed by atoms with Crippen LogP contribution in [0.15, 0.2) is 35.8 Å². The maximum atomic E-state index is 12.3. The molecule has 0 unspecified atom stereocenters. The molecule has 2 heterocycles. The monoisotopic (exact) mass is 439 g/mol. The van der Waals surface area contributed by atoms with Crippen LogP contribution in [0.25, 0.3) is 16.8 Å². The first-order valence-corrected chi connectivity index (χ1v) is 10.9. The number of nitrogens with one attached hydrogen (secondary N) is 1. The highest BCUT2D eigenvalue weighted by Crippen LogP contribution is 2.34. The van der Waals surface area contributed by atoms with E-state index in [9.17, 15) is 10.1 Å². The van der Waals surface area contributed by atoms with Gasteiger partial charge in [0.05, 0.1) is 25.0 Å². The van der Waals surface area contributed by atoms with Crippen LogP contribution in [0.1, 0.15) is 32.7 Å². The summed E-state index contributed by atoms with van der Waals surface area (Å²) in [7, 11) is 1.62. The van der Waals surface area contributed by atoms with Crippen molar-refractivity contribution in [3.8, 4) is 23.1 Å². The van der Waals surface area contributed by atoms with E-state index in [2.05, 4.69) is 16.4 Å². The third-order valence-electron chi connectivity index (χ3n) is 4.45. The second kappa shape index (κ2) is 9.57. The third kappa shape index (κ3) is 4.53. The Morgan fingerprint density at radius 3 is 2.67 bits per heavy atom. The maximum absolute atomic E-state index is 12.3. The van der Waals surface area contributed by atoms with Gasteiger partial charge in [-0.25, -0.2) is 9.78 Å². The fourth-order valence-electron chi connectivity index (χ4n) is 2.75. The summed E-state index contributed by atoms with van der Waals surface area (Å²) in [6.45, 7) is 5.92. The Balaban J connectivity index is 1.86. The van der Waals surface area contributed by atoms with Gasteiger partial charge in [-0.2, -0.15) is 5.26 Å². The minimum atomic E-state index is -0.371. The van der Waals surface area contributed by atoms with Crippen LogP contribution >= 0.6 is 22.7 Å². The number of thiazole rings is 1. The molecule has 0 fully saturated rings. The number of nitrogens with zero attached hydrogens (tertiary/aromatic N) is 2. The molecule has 6 nitrogen and oxygen atoms in total. The summed E-state index contributed by atoms with van der Waals surface area (Å²) in [4.78, 5) is 17.9. The number of benzene rings is 1. The minimum absolute atomic E-state index is 0.305. The summed E-state index contributed by atoms with van der Waals surface area (Å²) in [5, 5.41) is 15.9. The molecule has 0 saturated carbocycles. The number of hydrogen-bond acceptors (Lipinski definition) is 8. The highest BCUT2D eigenvalue weighted by molar-refractivity contribution is 7.16. The van der Waals surface area contributed by atoms with E-state index < -0.39 is 0 Å². The average molecular weight is 440 g/mol. The first-order valence-electron chi connectivity index (χ1n) is 9.22. The summed E-state index contributed by atoms with van der Waals surface area (Å²) in [6.07, 6.45) is 1.59. The van der Waals surface area contributed by atoms with E-state index in [1.807, 2.05) is 43.5 Å². The molecule has 154 valence electrons. The second-order valence-corrected chi connectivity index (χ2v) is 8.37. The highest BCUT2D eigenvalue weighted by atomic mass is 32.1. The van der Waals surface area contributed by atoms with Crippen molar-refractivity contribution in [2.75, 3.05) is 19.0 Å². The number of ether oxygens (including phenoxy) is 2. The lowest BCUT2D eigenvalue weighted by atomic mass is 10.1. The van der Waals surface area contributed by atoms with Gasteiger partial charge in [0.15, 0.2) is 0 Å². The zero-order valence-electron chi connectivity index (χ0n) is 17.1. The highest BCUT2D eigenvalue weighted by Gasteiger charge is 2.20. The number of allylic oxidation sites excluding steroid dienone is 1.